The van der Waals surface area contributed by atoms with E-state index < -0.39 is 25.0 Å². The molecule has 1 N–H and O–H groups in total. The summed E-state index contributed by atoms with van der Waals surface area (Å²) in [6.45, 7) is 2.88. The summed E-state index contributed by atoms with van der Waals surface area (Å²) in [4.78, 5) is 34.2. The molecule has 0 saturated heterocycles. The van der Waals surface area contributed by atoms with Crippen LogP contribution in [-0.2, 0) is 14.3 Å². The summed E-state index contributed by atoms with van der Waals surface area (Å²) in [6.07, 6.45) is -0.513. The highest BCUT2D eigenvalue weighted by molar-refractivity contribution is 6.09. The van der Waals surface area contributed by atoms with E-state index in [0.717, 1.165) is 10.8 Å². The number of ketones is 1. The molecule has 0 saturated carbocycles. The molecule has 0 bridgehead atoms. The monoisotopic (exact) mass is 298 g/mol. The maximum atomic E-state index is 12.2. The Morgan fingerprint density at radius 2 is 1.73 bits per heavy atom. The Morgan fingerprint density at radius 1 is 1.05 bits per heavy atom. The van der Waals surface area contributed by atoms with E-state index in [1.165, 1.54) is 0 Å². The van der Waals surface area contributed by atoms with Gasteiger partial charge in [0.25, 0.3) is 0 Å². The van der Waals surface area contributed by atoms with Gasteiger partial charge in [0.05, 0.1) is 6.42 Å². The van der Waals surface area contributed by atoms with Crippen molar-refractivity contribution in [1.29, 1.82) is 0 Å². The zero-order chi connectivity index (χ0) is 16.1. The van der Waals surface area contributed by atoms with Crippen molar-refractivity contribution in [2.75, 3.05) is 6.61 Å². The van der Waals surface area contributed by atoms with Crippen LogP contribution in [0.5, 0.6) is 0 Å². The molecule has 0 atom stereocenters. The second-order valence-electron chi connectivity index (χ2n) is 4.70. The first-order valence-corrected chi connectivity index (χ1v) is 6.56. The summed E-state index contributed by atoms with van der Waals surface area (Å²) in [6, 6.07) is 12.7. The van der Waals surface area contributed by atoms with Crippen molar-refractivity contribution < 1.29 is 24.2 Å². The summed E-state index contributed by atoms with van der Waals surface area (Å²) in [5.41, 5.74) is 0.257. The minimum atomic E-state index is -1.18. The molecule has 0 aromatic heterocycles. The summed E-state index contributed by atoms with van der Waals surface area (Å²) in [5, 5.41) is 10.3. The average Bonchev–Trinajstić information content (AvgIpc) is 2.51. The van der Waals surface area contributed by atoms with Gasteiger partial charge in [-0.2, -0.15) is 0 Å². The van der Waals surface area contributed by atoms with Gasteiger partial charge in [0, 0.05) is 11.1 Å². The smallest absolute Gasteiger partial charge is 0.334 e. The number of carboxylic acid groups (broad SMARTS) is 1. The van der Waals surface area contributed by atoms with Crippen molar-refractivity contribution in [3.05, 3.63) is 60.2 Å². The van der Waals surface area contributed by atoms with Crippen LogP contribution in [0, 0.1) is 0 Å². The molecule has 0 aliphatic carbocycles. The molecule has 2 aromatic carbocycles. The first-order chi connectivity index (χ1) is 10.5. The highest BCUT2D eigenvalue weighted by Gasteiger charge is 2.16. The summed E-state index contributed by atoms with van der Waals surface area (Å²) in [7, 11) is 0. The van der Waals surface area contributed by atoms with Crippen LogP contribution in [-0.4, -0.2) is 29.4 Å². The van der Waals surface area contributed by atoms with Crippen LogP contribution >= 0.6 is 0 Å². The molecule has 0 aliphatic heterocycles. The molecule has 2 rings (SSSR count). The number of Topliss-reactive ketones (excluding diaryl/α,β-unsaturated/α-hetero) is 1. The summed E-state index contributed by atoms with van der Waals surface area (Å²) in [5.74, 6) is -2.41. The van der Waals surface area contributed by atoms with Crippen molar-refractivity contribution in [2.24, 2.45) is 0 Å². The number of carbonyl (C=O) groups is 3. The van der Waals surface area contributed by atoms with Gasteiger partial charge in [-0.25, -0.2) is 4.79 Å². The number of carboxylic acids is 1. The lowest BCUT2D eigenvalue weighted by Crippen LogP contribution is -2.16. The largest absolute Gasteiger partial charge is 0.481 e. The second kappa shape index (κ2) is 6.67. The predicted molar refractivity (Wildman–Crippen MR) is 80.6 cm³/mol. The third kappa shape index (κ3) is 3.58. The van der Waals surface area contributed by atoms with Crippen LogP contribution in [0.15, 0.2) is 54.6 Å². The van der Waals surface area contributed by atoms with E-state index in [-0.39, 0.29) is 11.4 Å². The zero-order valence-electron chi connectivity index (χ0n) is 11.7. The minimum Gasteiger partial charge on any atom is -0.481 e. The van der Waals surface area contributed by atoms with Crippen LogP contribution in [0.2, 0.25) is 0 Å². The number of ether oxygens (including phenoxy) is 1. The molecule has 0 fully saturated rings. The number of esters is 1. The van der Waals surface area contributed by atoms with Crippen molar-refractivity contribution in [2.45, 2.75) is 6.42 Å². The van der Waals surface area contributed by atoms with Crippen molar-refractivity contribution in [3.8, 4) is 0 Å². The van der Waals surface area contributed by atoms with Gasteiger partial charge in [-0.05, 0) is 10.8 Å². The molecule has 0 spiro atoms. The predicted octanol–water partition coefficient (Wildman–Crippen LogP) is 2.60. The van der Waals surface area contributed by atoms with E-state index in [9.17, 15) is 14.4 Å². The number of hydrogen-bond donors (Lipinski definition) is 1. The third-order valence-electron chi connectivity index (χ3n) is 3.08. The van der Waals surface area contributed by atoms with E-state index in [1.54, 1.807) is 12.1 Å². The Balaban J connectivity index is 2.07. The minimum absolute atomic E-state index is 0.196. The van der Waals surface area contributed by atoms with Crippen LogP contribution in [0.4, 0.5) is 0 Å². The summed E-state index contributed by atoms with van der Waals surface area (Å²) >= 11 is 0. The van der Waals surface area contributed by atoms with Gasteiger partial charge in [0.1, 0.15) is 0 Å². The van der Waals surface area contributed by atoms with Gasteiger partial charge in [-0.15, -0.1) is 0 Å². The maximum Gasteiger partial charge on any atom is 0.334 e. The molecular weight excluding hydrogens is 284 g/mol. The quantitative estimate of drug-likeness (QED) is 0.503. The molecule has 0 heterocycles. The fourth-order valence-electron chi connectivity index (χ4n) is 2.03. The Hall–Kier alpha value is -2.95. The molecule has 0 unspecified atom stereocenters. The van der Waals surface area contributed by atoms with Crippen molar-refractivity contribution in [1.82, 2.24) is 0 Å². The Morgan fingerprint density at radius 3 is 2.45 bits per heavy atom. The fourth-order valence-corrected chi connectivity index (χ4v) is 2.03. The lowest BCUT2D eigenvalue weighted by Gasteiger charge is -2.07. The van der Waals surface area contributed by atoms with Crippen molar-refractivity contribution >= 4 is 28.5 Å². The molecular formula is C17H14O5. The van der Waals surface area contributed by atoms with Gasteiger partial charge in [-0.3, -0.25) is 9.59 Å². The third-order valence-corrected chi connectivity index (χ3v) is 3.08. The first-order valence-electron chi connectivity index (χ1n) is 6.56. The highest BCUT2D eigenvalue weighted by atomic mass is 16.5. The summed E-state index contributed by atoms with van der Waals surface area (Å²) < 4.78 is 4.82. The van der Waals surface area contributed by atoms with E-state index in [0.29, 0.717) is 5.56 Å². The molecule has 5 nitrogen and oxygen atoms in total. The number of rotatable bonds is 6. The zero-order valence-corrected chi connectivity index (χ0v) is 11.7. The maximum absolute atomic E-state index is 12.2. The van der Waals surface area contributed by atoms with Crippen LogP contribution in [0.3, 0.4) is 0 Å². The Labute approximate surface area is 126 Å². The SMILES string of the molecule is C=C(CC(=O)O)C(=O)OCC(=O)c1cccc2ccccc12. The number of benzene rings is 2. The molecule has 22 heavy (non-hydrogen) atoms. The Bertz CT molecular complexity index is 755. The molecule has 0 aliphatic rings. The van der Waals surface area contributed by atoms with E-state index in [2.05, 4.69) is 6.58 Å². The lowest BCUT2D eigenvalue weighted by atomic mass is 10.0. The van der Waals surface area contributed by atoms with Gasteiger partial charge >= 0.3 is 11.9 Å². The number of aliphatic carboxylic acids is 1. The molecule has 5 heteroatoms. The number of hydrogen-bond acceptors (Lipinski definition) is 4. The number of fused-ring (bicyclic) bond motifs is 1. The Kier molecular flexibility index (Phi) is 4.68. The highest BCUT2D eigenvalue weighted by Crippen LogP contribution is 2.19. The van der Waals surface area contributed by atoms with E-state index >= 15 is 0 Å². The lowest BCUT2D eigenvalue weighted by molar-refractivity contribution is -0.142. The first kappa shape index (κ1) is 15.4. The van der Waals surface area contributed by atoms with Gasteiger partial charge in [0.2, 0.25) is 5.78 Å². The normalized spacial score (nSPS) is 10.2. The van der Waals surface area contributed by atoms with Crippen LogP contribution in [0.1, 0.15) is 16.8 Å². The van der Waals surface area contributed by atoms with Crippen molar-refractivity contribution in [3.63, 3.8) is 0 Å². The van der Waals surface area contributed by atoms with Gasteiger partial charge in [0.15, 0.2) is 6.61 Å². The van der Waals surface area contributed by atoms with Gasteiger partial charge in [-0.1, -0.05) is 49.0 Å². The van der Waals surface area contributed by atoms with Crippen LogP contribution in [0.25, 0.3) is 10.8 Å². The van der Waals surface area contributed by atoms with E-state index in [4.69, 9.17) is 9.84 Å². The van der Waals surface area contributed by atoms with Gasteiger partial charge < -0.3 is 9.84 Å². The average molecular weight is 298 g/mol. The molecule has 112 valence electrons. The fraction of sp³-hybridized carbons (Fsp3) is 0.118. The standard InChI is InChI=1S/C17H14O5/c1-11(9-16(19)20)17(21)22-10-15(18)14-8-4-6-12-5-2-3-7-13(12)14/h2-8H,1,9-10H2,(H,19,20). The van der Waals surface area contributed by atoms with E-state index in [1.807, 2.05) is 30.3 Å². The van der Waals surface area contributed by atoms with Crippen LogP contribution < -0.4 is 0 Å². The topological polar surface area (TPSA) is 80.7 Å². The second-order valence-corrected chi connectivity index (χ2v) is 4.70. The number of carbonyl (C=O) groups excluding carboxylic acids is 2. The molecule has 0 radical (unpaired) electrons. The molecule has 0 amide bonds. The molecule has 2 aromatic rings.